The molecule has 2 heterocycles. The Morgan fingerprint density at radius 1 is 1.73 bits per heavy atom. The van der Waals surface area contributed by atoms with Gasteiger partial charge in [-0.3, -0.25) is 9.48 Å². The monoisotopic (exact) mass is 210 g/mol. The molecule has 1 aliphatic rings. The minimum Gasteiger partial charge on any atom is -0.378 e. The fourth-order valence-corrected chi connectivity index (χ4v) is 1.81. The lowest BCUT2D eigenvalue weighted by Crippen LogP contribution is -2.42. The first-order chi connectivity index (χ1) is 7.19. The van der Waals surface area contributed by atoms with Crippen molar-refractivity contribution in [3.63, 3.8) is 0 Å². The highest BCUT2D eigenvalue weighted by Gasteiger charge is 2.43. The topological polar surface area (TPSA) is 53.3 Å². The standard InChI is InChI=1S/C10H14N2O3/c1-12-8(3-5-11-12)9(13)10(14-2)4-6-15-7-10/h3,5H,4,6-7H2,1-2H3. The summed E-state index contributed by atoms with van der Waals surface area (Å²) in [5, 5.41) is 3.97. The second kappa shape index (κ2) is 3.75. The van der Waals surface area contributed by atoms with Gasteiger partial charge in [-0.1, -0.05) is 0 Å². The highest BCUT2D eigenvalue weighted by Crippen LogP contribution is 2.26. The molecule has 0 N–H and O–H groups in total. The van der Waals surface area contributed by atoms with Crippen LogP contribution in [0.2, 0.25) is 0 Å². The summed E-state index contributed by atoms with van der Waals surface area (Å²) in [5.41, 5.74) is -0.254. The van der Waals surface area contributed by atoms with Crippen LogP contribution in [0.3, 0.4) is 0 Å². The van der Waals surface area contributed by atoms with Crippen LogP contribution in [0.25, 0.3) is 0 Å². The largest absolute Gasteiger partial charge is 0.378 e. The van der Waals surface area contributed by atoms with Gasteiger partial charge < -0.3 is 9.47 Å². The molecule has 1 atom stereocenters. The van der Waals surface area contributed by atoms with Crippen LogP contribution in [0.1, 0.15) is 16.9 Å². The van der Waals surface area contributed by atoms with Crippen LogP contribution >= 0.6 is 0 Å². The van der Waals surface area contributed by atoms with Crippen molar-refractivity contribution in [2.24, 2.45) is 7.05 Å². The lowest BCUT2D eigenvalue weighted by atomic mass is 9.95. The van der Waals surface area contributed by atoms with Gasteiger partial charge in [-0.2, -0.15) is 5.10 Å². The molecular weight excluding hydrogens is 196 g/mol. The molecule has 1 aromatic rings. The number of ketones is 1. The van der Waals surface area contributed by atoms with Gasteiger partial charge in [0.25, 0.3) is 0 Å². The van der Waals surface area contributed by atoms with E-state index in [1.165, 1.54) is 0 Å². The smallest absolute Gasteiger partial charge is 0.215 e. The van der Waals surface area contributed by atoms with E-state index in [0.717, 1.165) is 0 Å². The summed E-state index contributed by atoms with van der Waals surface area (Å²) in [6.07, 6.45) is 2.21. The van der Waals surface area contributed by atoms with Crippen LogP contribution in [0.15, 0.2) is 12.3 Å². The molecule has 0 saturated carbocycles. The maximum absolute atomic E-state index is 12.2. The van der Waals surface area contributed by atoms with Gasteiger partial charge in [-0.05, 0) is 6.07 Å². The number of nitrogens with zero attached hydrogens (tertiary/aromatic N) is 2. The molecule has 82 valence electrons. The number of hydrogen-bond donors (Lipinski definition) is 0. The maximum atomic E-state index is 12.2. The molecule has 0 amide bonds. The Bertz CT molecular complexity index is 366. The lowest BCUT2D eigenvalue weighted by Gasteiger charge is -2.23. The van der Waals surface area contributed by atoms with Gasteiger partial charge in [0.2, 0.25) is 5.78 Å². The Balaban J connectivity index is 2.30. The molecule has 2 rings (SSSR count). The molecule has 1 fully saturated rings. The summed E-state index contributed by atoms with van der Waals surface area (Å²) in [4.78, 5) is 12.2. The quantitative estimate of drug-likeness (QED) is 0.678. The zero-order chi connectivity index (χ0) is 10.9. The Kier molecular flexibility index (Phi) is 2.58. The normalized spacial score (nSPS) is 25.7. The lowest BCUT2D eigenvalue weighted by molar-refractivity contribution is -0.00408. The second-order valence-corrected chi connectivity index (χ2v) is 3.67. The predicted octanol–water partition coefficient (Wildman–Crippen LogP) is 0.408. The van der Waals surface area contributed by atoms with Gasteiger partial charge in [-0.15, -0.1) is 0 Å². The summed E-state index contributed by atoms with van der Waals surface area (Å²) < 4.78 is 12.1. The molecule has 0 aliphatic carbocycles. The average Bonchev–Trinajstić information content (AvgIpc) is 2.86. The Morgan fingerprint density at radius 3 is 3.00 bits per heavy atom. The first-order valence-electron chi connectivity index (χ1n) is 4.85. The number of aromatic nitrogens is 2. The van der Waals surface area contributed by atoms with Crippen LogP contribution < -0.4 is 0 Å². The summed E-state index contributed by atoms with van der Waals surface area (Å²) in [7, 11) is 3.29. The fourth-order valence-electron chi connectivity index (χ4n) is 1.81. The number of rotatable bonds is 3. The van der Waals surface area contributed by atoms with Gasteiger partial charge in [-0.25, -0.2) is 0 Å². The minimum absolute atomic E-state index is 0.0532. The van der Waals surface area contributed by atoms with Gasteiger partial charge in [0, 0.05) is 26.8 Å². The summed E-state index contributed by atoms with van der Waals surface area (Å²) >= 11 is 0. The van der Waals surface area contributed by atoms with Crippen LogP contribution in [0.4, 0.5) is 0 Å². The highest BCUT2D eigenvalue weighted by molar-refractivity contribution is 6.01. The SMILES string of the molecule is COC1(C(=O)c2ccnn2C)CCOC1. The maximum Gasteiger partial charge on any atom is 0.215 e. The summed E-state index contributed by atoms with van der Waals surface area (Å²) in [6, 6.07) is 1.70. The minimum atomic E-state index is -0.812. The molecule has 0 radical (unpaired) electrons. The first kappa shape index (κ1) is 10.3. The number of carbonyl (C=O) groups excluding carboxylic acids is 1. The molecule has 1 unspecified atom stereocenters. The van der Waals surface area contributed by atoms with Gasteiger partial charge >= 0.3 is 0 Å². The van der Waals surface area contributed by atoms with Crippen molar-refractivity contribution in [3.8, 4) is 0 Å². The second-order valence-electron chi connectivity index (χ2n) is 3.67. The van der Waals surface area contributed by atoms with E-state index in [1.807, 2.05) is 0 Å². The average molecular weight is 210 g/mol. The zero-order valence-corrected chi connectivity index (χ0v) is 8.90. The third kappa shape index (κ3) is 1.57. The molecule has 5 heteroatoms. The number of Topliss-reactive ketones (excluding diaryl/α,β-unsaturated/α-hetero) is 1. The van der Waals surface area contributed by atoms with Crippen molar-refractivity contribution in [1.82, 2.24) is 9.78 Å². The van der Waals surface area contributed by atoms with Crippen LogP contribution in [0.5, 0.6) is 0 Å². The number of ether oxygens (including phenoxy) is 2. The van der Waals surface area contributed by atoms with Crippen molar-refractivity contribution in [2.75, 3.05) is 20.3 Å². The van der Waals surface area contributed by atoms with Crippen molar-refractivity contribution >= 4 is 5.78 Å². The molecular formula is C10H14N2O3. The number of hydrogen-bond acceptors (Lipinski definition) is 4. The van der Waals surface area contributed by atoms with E-state index in [0.29, 0.717) is 25.3 Å². The number of carbonyl (C=O) groups is 1. The van der Waals surface area contributed by atoms with E-state index in [9.17, 15) is 4.79 Å². The number of aryl methyl sites for hydroxylation is 1. The van der Waals surface area contributed by atoms with Crippen molar-refractivity contribution < 1.29 is 14.3 Å². The zero-order valence-electron chi connectivity index (χ0n) is 8.90. The Morgan fingerprint density at radius 2 is 2.53 bits per heavy atom. The first-order valence-corrected chi connectivity index (χ1v) is 4.85. The third-order valence-corrected chi connectivity index (χ3v) is 2.84. The Hall–Kier alpha value is -1.20. The van der Waals surface area contributed by atoms with Crippen LogP contribution in [-0.4, -0.2) is 41.5 Å². The van der Waals surface area contributed by atoms with Gasteiger partial charge in [0.15, 0.2) is 5.60 Å². The van der Waals surface area contributed by atoms with E-state index < -0.39 is 5.60 Å². The molecule has 1 saturated heterocycles. The van der Waals surface area contributed by atoms with Gasteiger partial charge in [0.05, 0.1) is 13.2 Å². The molecule has 1 aromatic heterocycles. The Labute approximate surface area is 88.0 Å². The van der Waals surface area contributed by atoms with E-state index in [2.05, 4.69) is 5.10 Å². The molecule has 1 aliphatic heterocycles. The van der Waals surface area contributed by atoms with E-state index in [4.69, 9.17) is 9.47 Å². The van der Waals surface area contributed by atoms with Crippen LogP contribution in [0, 0.1) is 0 Å². The third-order valence-electron chi connectivity index (χ3n) is 2.84. The predicted molar refractivity (Wildman–Crippen MR) is 52.7 cm³/mol. The number of methoxy groups -OCH3 is 1. The van der Waals surface area contributed by atoms with E-state index in [-0.39, 0.29) is 5.78 Å². The van der Waals surface area contributed by atoms with Crippen molar-refractivity contribution in [3.05, 3.63) is 18.0 Å². The summed E-state index contributed by atoms with van der Waals surface area (Å²) in [5.74, 6) is -0.0532. The van der Waals surface area contributed by atoms with E-state index in [1.54, 1.807) is 31.1 Å². The molecule has 0 aromatic carbocycles. The fraction of sp³-hybridized carbons (Fsp3) is 0.600. The van der Waals surface area contributed by atoms with Gasteiger partial charge in [0.1, 0.15) is 5.69 Å². The molecule has 0 bridgehead atoms. The molecule has 5 nitrogen and oxygen atoms in total. The van der Waals surface area contributed by atoms with Crippen molar-refractivity contribution in [2.45, 2.75) is 12.0 Å². The molecule has 0 spiro atoms. The van der Waals surface area contributed by atoms with E-state index >= 15 is 0 Å². The van der Waals surface area contributed by atoms with Crippen LogP contribution in [-0.2, 0) is 16.5 Å². The van der Waals surface area contributed by atoms with Crippen molar-refractivity contribution in [1.29, 1.82) is 0 Å². The summed E-state index contributed by atoms with van der Waals surface area (Å²) in [6.45, 7) is 0.894. The molecule has 15 heavy (non-hydrogen) atoms. The highest BCUT2D eigenvalue weighted by atomic mass is 16.6.